The van der Waals surface area contributed by atoms with Crippen molar-refractivity contribution in [1.82, 2.24) is 4.90 Å². The van der Waals surface area contributed by atoms with E-state index in [-0.39, 0.29) is 18.6 Å². The fourth-order valence-corrected chi connectivity index (χ4v) is 2.30. The number of allylic oxidation sites excluding steroid dienone is 2. The van der Waals surface area contributed by atoms with Crippen LogP contribution in [0, 0.1) is 0 Å². The standard InChI is InChI=1S/C16H19NO3/c1-2-3-5-10-15(18)17-14(12-20-16(17)19)11-13-8-6-4-7-9-13/h2-4,6-9,14H,5,10-12H2,1H3/b3-2+/t14-/m0/s1. The Bertz CT molecular complexity index is 496. The van der Waals surface area contributed by atoms with Gasteiger partial charge in [-0.3, -0.25) is 4.79 Å². The summed E-state index contributed by atoms with van der Waals surface area (Å²) in [5, 5.41) is 0. The van der Waals surface area contributed by atoms with Crippen LogP contribution in [0.1, 0.15) is 25.3 Å². The van der Waals surface area contributed by atoms with Crippen LogP contribution in [0.4, 0.5) is 4.79 Å². The number of nitrogens with zero attached hydrogens (tertiary/aromatic N) is 1. The lowest BCUT2D eigenvalue weighted by Gasteiger charge is -2.19. The molecule has 0 unspecified atom stereocenters. The summed E-state index contributed by atoms with van der Waals surface area (Å²) in [6.45, 7) is 2.19. The maximum atomic E-state index is 12.1. The van der Waals surface area contributed by atoms with Gasteiger partial charge in [0.2, 0.25) is 5.91 Å². The Morgan fingerprint density at radius 1 is 1.40 bits per heavy atom. The molecule has 4 heteroatoms. The van der Waals surface area contributed by atoms with Crippen LogP contribution < -0.4 is 0 Å². The van der Waals surface area contributed by atoms with Crippen molar-refractivity contribution >= 4 is 12.0 Å². The molecule has 0 bridgehead atoms. The molecule has 20 heavy (non-hydrogen) atoms. The Kier molecular flexibility index (Phi) is 4.93. The van der Waals surface area contributed by atoms with Crippen molar-refractivity contribution in [3.05, 3.63) is 48.0 Å². The Balaban J connectivity index is 2.01. The summed E-state index contributed by atoms with van der Waals surface area (Å²) in [4.78, 5) is 25.1. The third-order valence-corrected chi connectivity index (χ3v) is 3.30. The van der Waals surface area contributed by atoms with E-state index in [1.54, 1.807) is 0 Å². The number of carbonyl (C=O) groups excluding carboxylic acids is 2. The third kappa shape index (κ3) is 3.47. The summed E-state index contributed by atoms with van der Waals surface area (Å²) in [5.41, 5.74) is 1.10. The van der Waals surface area contributed by atoms with Crippen molar-refractivity contribution in [1.29, 1.82) is 0 Å². The number of cyclic esters (lactones) is 1. The predicted octanol–water partition coefficient (Wildman–Crippen LogP) is 2.93. The normalized spacial score (nSPS) is 18.6. The van der Waals surface area contributed by atoms with Crippen LogP contribution in [0.15, 0.2) is 42.5 Å². The van der Waals surface area contributed by atoms with Gasteiger partial charge in [-0.15, -0.1) is 0 Å². The van der Waals surface area contributed by atoms with Crippen molar-refractivity contribution < 1.29 is 14.3 Å². The van der Waals surface area contributed by atoms with Crippen LogP contribution in [-0.2, 0) is 16.0 Å². The summed E-state index contributed by atoms with van der Waals surface area (Å²) in [7, 11) is 0. The van der Waals surface area contributed by atoms with Crippen molar-refractivity contribution in [2.24, 2.45) is 0 Å². The van der Waals surface area contributed by atoms with Crippen LogP contribution in [0.2, 0.25) is 0 Å². The van der Waals surface area contributed by atoms with E-state index in [1.807, 2.05) is 49.4 Å². The van der Waals surface area contributed by atoms with Crippen molar-refractivity contribution in [3.8, 4) is 0 Å². The summed E-state index contributed by atoms with van der Waals surface area (Å²) < 4.78 is 5.03. The maximum Gasteiger partial charge on any atom is 0.416 e. The highest BCUT2D eigenvalue weighted by atomic mass is 16.6. The number of rotatable bonds is 5. The fourth-order valence-electron chi connectivity index (χ4n) is 2.30. The first-order valence-electron chi connectivity index (χ1n) is 6.86. The van der Waals surface area contributed by atoms with Gasteiger partial charge in [0, 0.05) is 6.42 Å². The van der Waals surface area contributed by atoms with Crippen molar-refractivity contribution in [2.75, 3.05) is 6.61 Å². The van der Waals surface area contributed by atoms with Crippen LogP contribution in [-0.4, -0.2) is 29.5 Å². The van der Waals surface area contributed by atoms with Gasteiger partial charge in [-0.1, -0.05) is 42.5 Å². The highest BCUT2D eigenvalue weighted by Crippen LogP contribution is 2.18. The molecule has 1 atom stereocenters. The van der Waals surface area contributed by atoms with Crippen LogP contribution in [0.3, 0.4) is 0 Å². The summed E-state index contributed by atoms with van der Waals surface area (Å²) in [6, 6.07) is 9.63. The third-order valence-electron chi connectivity index (χ3n) is 3.30. The lowest BCUT2D eigenvalue weighted by atomic mass is 10.1. The molecule has 1 aliphatic heterocycles. The first-order chi connectivity index (χ1) is 9.72. The minimum Gasteiger partial charge on any atom is -0.447 e. The van der Waals surface area contributed by atoms with Gasteiger partial charge in [-0.25, -0.2) is 9.69 Å². The van der Waals surface area contributed by atoms with Gasteiger partial charge in [0.05, 0.1) is 6.04 Å². The van der Waals surface area contributed by atoms with E-state index >= 15 is 0 Å². The smallest absolute Gasteiger partial charge is 0.416 e. The molecule has 0 aliphatic carbocycles. The molecule has 1 saturated heterocycles. The first-order valence-corrected chi connectivity index (χ1v) is 6.86. The van der Waals surface area contributed by atoms with Crippen molar-refractivity contribution in [2.45, 2.75) is 32.2 Å². The molecule has 0 aromatic heterocycles. The fraction of sp³-hybridized carbons (Fsp3) is 0.375. The molecule has 1 aromatic carbocycles. The molecule has 0 saturated carbocycles. The minimum absolute atomic E-state index is 0.161. The highest BCUT2D eigenvalue weighted by molar-refractivity contribution is 5.93. The lowest BCUT2D eigenvalue weighted by Crippen LogP contribution is -2.40. The van der Waals surface area contributed by atoms with Crippen molar-refractivity contribution in [3.63, 3.8) is 0 Å². The summed E-state index contributed by atoms with van der Waals surface area (Å²) in [6.07, 6.45) is 4.93. The monoisotopic (exact) mass is 273 g/mol. The predicted molar refractivity (Wildman–Crippen MR) is 76.2 cm³/mol. The van der Waals surface area contributed by atoms with E-state index < -0.39 is 6.09 Å². The number of imide groups is 1. The number of carbonyl (C=O) groups is 2. The number of ether oxygens (including phenoxy) is 1. The topological polar surface area (TPSA) is 46.6 Å². The number of benzene rings is 1. The van der Waals surface area contributed by atoms with Gasteiger partial charge in [0.15, 0.2) is 0 Å². The van der Waals surface area contributed by atoms with Crippen LogP contribution in [0.25, 0.3) is 0 Å². The Morgan fingerprint density at radius 2 is 2.15 bits per heavy atom. The van der Waals surface area contributed by atoms with E-state index in [2.05, 4.69) is 0 Å². The number of hydrogen-bond acceptors (Lipinski definition) is 3. The summed E-state index contributed by atoms with van der Waals surface area (Å²) in [5.74, 6) is -0.161. The molecule has 1 fully saturated rings. The molecular weight excluding hydrogens is 254 g/mol. The first kappa shape index (κ1) is 14.3. The molecule has 1 aromatic rings. The Labute approximate surface area is 119 Å². The second-order valence-corrected chi connectivity index (χ2v) is 4.79. The van der Waals surface area contributed by atoms with Gasteiger partial charge in [0.1, 0.15) is 6.61 Å². The molecule has 0 spiro atoms. The second kappa shape index (κ2) is 6.89. The second-order valence-electron chi connectivity index (χ2n) is 4.79. The quantitative estimate of drug-likeness (QED) is 0.775. The zero-order valence-corrected chi connectivity index (χ0v) is 11.6. The Morgan fingerprint density at radius 3 is 2.85 bits per heavy atom. The number of hydrogen-bond donors (Lipinski definition) is 0. The molecule has 2 amide bonds. The Hall–Kier alpha value is -2.10. The lowest BCUT2D eigenvalue weighted by molar-refractivity contribution is -0.129. The van der Waals surface area contributed by atoms with E-state index in [0.29, 0.717) is 19.3 Å². The molecule has 2 rings (SSSR count). The van der Waals surface area contributed by atoms with Crippen LogP contribution >= 0.6 is 0 Å². The van der Waals surface area contributed by atoms with E-state index in [4.69, 9.17) is 4.74 Å². The SMILES string of the molecule is C/C=C/CCC(=O)N1C(=O)OC[C@@H]1Cc1ccccc1. The molecule has 1 aliphatic rings. The summed E-state index contributed by atoms with van der Waals surface area (Å²) >= 11 is 0. The van der Waals surface area contributed by atoms with E-state index in [9.17, 15) is 9.59 Å². The maximum absolute atomic E-state index is 12.1. The van der Waals surface area contributed by atoms with Gasteiger partial charge < -0.3 is 4.74 Å². The van der Waals surface area contributed by atoms with E-state index in [0.717, 1.165) is 5.56 Å². The van der Waals surface area contributed by atoms with Gasteiger partial charge >= 0.3 is 6.09 Å². The number of amides is 2. The van der Waals surface area contributed by atoms with Gasteiger partial charge in [0.25, 0.3) is 0 Å². The zero-order valence-electron chi connectivity index (χ0n) is 11.6. The largest absolute Gasteiger partial charge is 0.447 e. The van der Waals surface area contributed by atoms with Gasteiger partial charge in [-0.05, 0) is 25.3 Å². The average molecular weight is 273 g/mol. The zero-order chi connectivity index (χ0) is 14.4. The molecular formula is C16H19NO3. The molecule has 106 valence electrons. The highest BCUT2D eigenvalue weighted by Gasteiger charge is 2.37. The molecule has 0 N–H and O–H groups in total. The van der Waals surface area contributed by atoms with E-state index in [1.165, 1.54) is 4.90 Å². The molecule has 0 radical (unpaired) electrons. The molecule has 4 nitrogen and oxygen atoms in total. The minimum atomic E-state index is -0.517. The van der Waals surface area contributed by atoms with Gasteiger partial charge in [-0.2, -0.15) is 0 Å². The average Bonchev–Trinajstić information content (AvgIpc) is 2.81. The van der Waals surface area contributed by atoms with Crippen LogP contribution in [0.5, 0.6) is 0 Å². The molecule has 1 heterocycles.